The molecule has 7 nitrogen and oxygen atoms in total. The maximum Gasteiger partial charge on any atom is 0.254 e. The predicted molar refractivity (Wildman–Crippen MR) is 130 cm³/mol. The van der Waals surface area contributed by atoms with Gasteiger partial charge in [0.1, 0.15) is 0 Å². The predicted octanol–water partition coefficient (Wildman–Crippen LogP) is 4.57. The number of amides is 1. The molecule has 0 aliphatic carbocycles. The molecule has 0 saturated carbocycles. The summed E-state index contributed by atoms with van der Waals surface area (Å²) < 4.78 is 37.9. The van der Waals surface area contributed by atoms with E-state index in [4.69, 9.17) is 9.47 Å². The molecule has 2 aromatic carbocycles. The minimum atomic E-state index is -3.60. The molecule has 2 rings (SSSR count). The molecular weight excluding hydrogens is 440 g/mol. The van der Waals surface area contributed by atoms with Crippen molar-refractivity contribution in [2.45, 2.75) is 58.0 Å². The first-order chi connectivity index (χ1) is 15.6. The molecule has 0 saturated heterocycles. The number of hydrogen-bond acceptors (Lipinski definition) is 5. The average molecular weight is 477 g/mol. The maximum absolute atomic E-state index is 13.2. The van der Waals surface area contributed by atoms with Gasteiger partial charge in [0, 0.05) is 31.7 Å². The van der Waals surface area contributed by atoms with Gasteiger partial charge in [0.05, 0.1) is 18.6 Å². The molecule has 33 heavy (non-hydrogen) atoms. The Morgan fingerprint density at radius 1 is 1.00 bits per heavy atom. The van der Waals surface area contributed by atoms with Gasteiger partial charge in [-0.3, -0.25) is 4.79 Å². The zero-order chi connectivity index (χ0) is 24.6. The lowest BCUT2D eigenvalue weighted by atomic mass is 10.1. The van der Waals surface area contributed by atoms with Gasteiger partial charge >= 0.3 is 0 Å². The van der Waals surface area contributed by atoms with Gasteiger partial charge in [-0.15, -0.1) is 0 Å². The molecular formula is C25H36N2O5S. The maximum atomic E-state index is 13.2. The molecule has 0 N–H and O–H groups in total. The Kier molecular flexibility index (Phi) is 9.73. The van der Waals surface area contributed by atoms with Crippen molar-refractivity contribution in [3.8, 4) is 11.5 Å². The topological polar surface area (TPSA) is 76.2 Å². The Balaban J connectivity index is 2.23. The quantitative estimate of drug-likeness (QED) is 0.449. The van der Waals surface area contributed by atoms with Gasteiger partial charge in [0.25, 0.3) is 5.91 Å². The Morgan fingerprint density at radius 3 is 2.21 bits per heavy atom. The Bertz CT molecular complexity index is 1020. The van der Waals surface area contributed by atoms with Crippen molar-refractivity contribution in [3.05, 3.63) is 53.6 Å². The van der Waals surface area contributed by atoms with E-state index in [-0.39, 0.29) is 16.8 Å². The SMILES string of the molecule is CCCOc1ccc(CN(CCC)C(=O)c2ccc(S(=O)(=O)N(C)C(C)C)cc2)cc1OC. The molecule has 2 aromatic rings. The van der Waals surface area contributed by atoms with E-state index in [0.29, 0.717) is 36.8 Å². The summed E-state index contributed by atoms with van der Waals surface area (Å²) >= 11 is 0. The van der Waals surface area contributed by atoms with Crippen LogP contribution in [0.1, 0.15) is 56.5 Å². The van der Waals surface area contributed by atoms with Crippen LogP contribution in [0.15, 0.2) is 47.4 Å². The summed E-state index contributed by atoms with van der Waals surface area (Å²) in [6.07, 6.45) is 1.70. The Morgan fingerprint density at radius 2 is 1.67 bits per heavy atom. The fourth-order valence-corrected chi connectivity index (χ4v) is 4.65. The highest BCUT2D eigenvalue weighted by molar-refractivity contribution is 7.89. The third-order valence-corrected chi connectivity index (χ3v) is 7.40. The lowest BCUT2D eigenvalue weighted by Gasteiger charge is -2.24. The van der Waals surface area contributed by atoms with Crippen molar-refractivity contribution in [1.29, 1.82) is 0 Å². The van der Waals surface area contributed by atoms with Gasteiger partial charge in [-0.05, 0) is 68.7 Å². The van der Waals surface area contributed by atoms with Crippen molar-refractivity contribution in [3.63, 3.8) is 0 Å². The van der Waals surface area contributed by atoms with Crippen molar-refractivity contribution in [1.82, 2.24) is 9.21 Å². The van der Waals surface area contributed by atoms with Gasteiger partial charge in [0.2, 0.25) is 10.0 Å². The van der Waals surface area contributed by atoms with Gasteiger partial charge < -0.3 is 14.4 Å². The molecule has 1 amide bonds. The number of sulfonamides is 1. The van der Waals surface area contributed by atoms with Crippen LogP contribution < -0.4 is 9.47 Å². The van der Waals surface area contributed by atoms with E-state index < -0.39 is 10.0 Å². The van der Waals surface area contributed by atoms with Crippen LogP contribution in [-0.4, -0.2) is 56.9 Å². The number of ether oxygens (including phenoxy) is 2. The van der Waals surface area contributed by atoms with E-state index in [0.717, 1.165) is 18.4 Å². The van der Waals surface area contributed by atoms with Crippen LogP contribution in [0.2, 0.25) is 0 Å². The molecule has 8 heteroatoms. The number of nitrogens with zero attached hydrogens (tertiary/aromatic N) is 2. The molecule has 0 fully saturated rings. The molecule has 0 spiro atoms. The summed E-state index contributed by atoms with van der Waals surface area (Å²) in [5.74, 6) is 1.16. The largest absolute Gasteiger partial charge is 0.493 e. The number of carbonyl (C=O) groups is 1. The molecule has 0 aliphatic rings. The van der Waals surface area contributed by atoms with E-state index in [1.54, 1.807) is 31.2 Å². The lowest BCUT2D eigenvalue weighted by Crippen LogP contribution is -2.33. The Labute approximate surface area is 198 Å². The number of benzene rings is 2. The zero-order valence-corrected chi connectivity index (χ0v) is 21.3. The first-order valence-electron chi connectivity index (χ1n) is 11.3. The van der Waals surface area contributed by atoms with Crippen molar-refractivity contribution in [2.75, 3.05) is 27.3 Å². The first kappa shape index (κ1) is 26.7. The average Bonchev–Trinajstić information content (AvgIpc) is 2.81. The van der Waals surface area contributed by atoms with Crippen molar-refractivity contribution < 1.29 is 22.7 Å². The molecule has 182 valence electrons. The highest BCUT2D eigenvalue weighted by Crippen LogP contribution is 2.29. The minimum absolute atomic E-state index is 0.150. The van der Waals surface area contributed by atoms with Gasteiger partial charge in [-0.1, -0.05) is 19.9 Å². The number of rotatable bonds is 12. The van der Waals surface area contributed by atoms with Crippen LogP contribution in [0.25, 0.3) is 0 Å². The summed E-state index contributed by atoms with van der Waals surface area (Å²) in [6.45, 7) is 9.28. The van der Waals surface area contributed by atoms with Crippen LogP contribution in [0.3, 0.4) is 0 Å². The molecule has 0 bridgehead atoms. The second kappa shape index (κ2) is 12.0. The molecule has 0 aliphatic heterocycles. The molecule has 0 aromatic heterocycles. The summed E-state index contributed by atoms with van der Waals surface area (Å²) in [5.41, 5.74) is 1.37. The second-order valence-corrected chi connectivity index (χ2v) is 10.2. The van der Waals surface area contributed by atoms with Crippen LogP contribution >= 0.6 is 0 Å². The summed E-state index contributed by atoms with van der Waals surface area (Å²) in [6, 6.07) is 11.7. The summed E-state index contributed by atoms with van der Waals surface area (Å²) in [4.78, 5) is 15.1. The van der Waals surface area contributed by atoms with E-state index in [9.17, 15) is 13.2 Å². The smallest absolute Gasteiger partial charge is 0.254 e. The normalized spacial score (nSPS) is 11.6. The highest BCUT2D eigenvalue weighted by Gasteiger charge is 2.24. The van der Waals surface area contributed by atoms with E-state index in [1.165, 1.54) is 16.4 Å². The summed E-state index contributed by atoms with van der Waals surface area (Å²) in [7, 11) is -0.449. The first-order valence-corrected chi connectivity index (χ1v) is 12.8. The van der Waals surface area contributed by atoms with Crippen LogP contribution in [0, 0.1) is 0 Å². The Hall–Kier alpha value is -2.58. The number of carbonyl (C=O) groups excluding carboxylic acids is 1. The fraction of sp³-hybridized carbons (Fsp3) is 0.480. The third-order valence-electron chi connectivity index (χ3n) is 5.35. The fourth-order valence-electron chi connectivity index (χ4n) is 3.28. The summed E-state index contributed by atoms with van der Waals surface area (Å²) in [5, 5.41) is 0. The number of methoxy groups -OCH3 is 1. The van der Waals surface area contributed by atoms with Crippen LogP contribution in [0.5, 0.6) is 11.5 Å². The van der Waals surface area contributed by atoms with Crippen molar-refractivity contribution >= 4 is 15.9 Å². The molecule has 0 heterocycles. The standard InChI is InChI=1S/C25H36N2O5S/c1-7-15-27(18-20-9-14-23(32-16-8-2)24(17-20)31-6)25(28)21-10-12-22(13-11-21)33(29,30)26(5)19(3)4/h9-14,17,19H,7-8,15-16,18H2,1-6H3. The third kappa shape index (κ3) is 6.71. The van der Waals surface area contributed by atoms with E-state index in [2.05, 4.69) is 0 Å². The van der Waals surface area contributed by atoms with E-state index >= 15 is 0 Å². The molecule has 0 atom stereocenters. The van der Waals surface area contributed by atoms with Crippen LogP contribution in [0.4, 0.5) is 0 Å². The minimum Gasteiger partial charge on any atom is -0.493 e. The molecule has 0 radical (unpaired) electrons. The van der Waals surface area contributed by atoms with Crippen molar-refractivity contribution in [2.24, 2.45) is 0 Å². The van der Waals surface area contributed by atoms with Gasteiger partial charge in [0.15, 0.2) is 11.5 Å². The zero-order valence-electron chi connectivity index (χ0n) is 20.5. The second-order valence-electron chi connectivity index (χ2n) is 8.20. The lowest BCUT2D eigenvalue weighted by molar-refractivity contribution is 0.0743. The highest BCUT2D eigenvalue weighted by atomic mass is 32.2. The van der Waals surface area contributed by atoms with Gasteiger partial charge in [-0.2, -0.15) is 4.31 Å². The number of hydrogen-bond donors (Lipinski definition) is 0. The monoisotopic (exact) mass is 476 g/mol. The van der Waals surface area contributed by atoms with E-state index in [1.807, 2.05) is 45.9 Å². The van der Waals surface area contributed by atoms with Gasteiger partial charge in [-0.25, -0.2) is 8.42 Å². The van der Waals surface area contributed by atoms with Crippen LogP contribution in [-0.2, 0) is 16.6 Å². The molecule has 0 unspecified atom stereocenters.